The molecule has 0 atom stereocenters. The minimum absolute atomic E-state index is 0.0637. The van der Waals surface area contributed by atoms with Gasteiger partial charge in [0.25, 0.3) is 5.91 Å². The number of amides is 1. The van der Waals surface area contributed by atoms with Crippen LogP contribution in [0.3, 0.4) is 0 Å². The molecule has 0 bridgehead atoms. The first-order valence-corrected chi connectivity index (χ1v) is 5.69. The van der Waals surface area contributed by atoms with Gasteiger partial charge in [0, 0.05) is 19.7 Å². The summed E-state index contributed by atoms with van der Waals surface area (Å²) in [6, 6.07) is 3.40. The number of carbonyl (C=O) groups excluding carboxylic acids is 1. The number of furan rings is 1. The van der Waals surface area contributed by atoms with Crippen LogP contribution in [0.2, 0.25) is 0 Å². The fraction of sp³-hybridized carbons (Fsp3) is 0.500. The van der Waals surface area contributed by atoms with Crippen molar-refractivity contribution in [2.45, 2.75) is 6.42 Å². The molecule has 1 aromatic rings. The molecule has 4 nitrogen and oxygen atoms in total. The summed E-state index contributed by atoms with van der Waals surface area (Å²) in [5.74, 6) is 0.315. The molecule has 15 heavy (non-hydrogen) atoms. The van der Waals surface area contributed by atoms with E-state index in [2.05, 4.69) is 15.9 Å². The van der Waals surface area contributed by atoms with Crippen LogP contribution in [0.1, 0.15) is 17.0 Å². The van der Waals surface area contributed by atoms with Gasteiger partial charge in [-0.25, -0.2) is 0 Å². The Morgan fingerprint density at radius 1 is 1.33 bits per heavy atom. The van der Waals surface area contributed by atoms with Gasteiger partial charge in [-0.1, -0.05) is 0 Å². The molecule has 1 saturated heterocycles. The highest BCUT2D eigenvalue weighted by atomic mass is 79.9. The first-order valence-electron chi connectivity index (χ1n) is 4.90. The fourth-order valence-electron chi connectivity index (χ4n) is 1.53. The number of rotatable bonds is 1. The van der Waals surface area contributed by atoms with E-state index in [1.165, 1.54) is 0 Å². The second kappa shape index (κ2) is 4.81. The van der Waals surface area contributed by atoms with E-state index in [0.29, 0.717) is 23.6 Å². The third kappa shape index (κ3) is 2.60. The summed E-state index contributed by atoms with van der Waals surface area (Å²) < 4.78 is 11.1. The number of halogens is 1. The molecule has 0 N–H and O–H groups in total. The van der Waals surface area contributed by atoms with Crippen molar-refractivity contribution in [2.24, 2.45) is 0 Å². The number of hydrogen-bond donors (Lipinski definition) is 0. The Labute approximate surface area is 96.3 Å². The Balaban J connectivity index is 2.06. The summed E-state index contributed by atoms with van der Waals surface area (Å²) in [6.45, 7) is 2.70. The van der Waals surface area contributed by atoms with Crippen molar-refractivity contribution >= 4 is 21.8 Å². The summed E-state index contributed by atoms with van der Waals surface area (Å²) >= 11 is 3.18. The average molecular weight is 274 g/mol. The zero-order chi connectivity index (χ0) is 10.7. The summed E-state index contributed by atoms with van der Waals surface area (Å²) in [5.41, 5.74) is 0. The van der Waals surface area contributed by atoms with Gasteiger partial charge >= 0.3 is 0 Å². The maximum absolute atomic E-state index is 11.9. The van der Waals surface area contributed by atoms with E-state index in [9.17, 15) is 4.79 Å². The lowest BCUT2D eigenvalue weighted by atomic mass is 10.3. The Morgan fingerprint density at radius 3 is 2.93 bits per heavy atom. The molecule has 1 amide bonds. The van der Waals surface area contributed by atoms with Gasteiger partial charge in [-0.05, 0) is 34.5 Å². The van der Waals surface area contributed by atoms with Crippen LogP contribution in [0.5, 0.6) is 0 Å². The van der Waals surface area contributed by atoms with Gasteiger partial charge in [0.15, 0.2) is 10.4 Å². The zero-order valence-electron chi connectivity index (χ0n) is 8.24. The zero-order valence-corrected chi connectivity index (χ0v) is 9.83. The quantitative estimate of drug-likeness (QED) is 0.785. The topological polar surface area (TPSA) is 42.7 Å². The van der Waals surface area contributed by atoms with Gasteiger partial charge < -0.3 is 14.1 Å². The van der Waals surface area contributed by atoms with Crippen molar-refractivity contribution < 1.29 is 13.9 Å². The first kappa shape index (κ1) is 10.7. The van der Waals surface area contributed by atoms with E-state index in [1.54, 1.807) is 17.0 Å². The molecule has 1 aliphatic rings. The molecule has 2 rings (SSSR count). The van der Waals surface area contributed by atoms with Crippen LogP contribution in [0.4, 0.5) is 0 Å². The lowest BCUT2D eigenvalue weighted by Crippen LogP contribution is -2.32. The molecule has 0 aliphatic carbocycles. The molecular formula is C10H12BrNO3. The Hall–Kier alpha value is -0.810. The van der Waals surface area contributed by atoms with Crippen LogP contribution in [0.25, 0.3) is 0 Å². The second-order valence-electron chi connectivity index (χ2n) is 3.36. The summed E-state index contributed by atoms with van der Waals surface area (Å²) in [6.07, 6.45) is 0.883. The molecule has 1 aliphatic heterocycles. The normalized spacial score (nSPS) is 17.5. The van der Waals surface area contributed by atoms with Crippen molar-refractivity contribution in [3.63, 3.8) is 0 Å². The fourth-order valence-corrected chi connectivity index (χ4v) is 1.84. The molecule has 82 valence electrons. The Bertz CT molecular complexity index is 342. The van der Waals surface area contributed by atoms with Crippen LogP contribution in [-0.2, 0) is 4.74 Å². The van der Waals surface area contributed by atoms with E-state index in [1.807, 2.05) is 0 Å². The van der Waals surface area contributed by atoms with Crippen molar-refractivity contribution in [1.29, 1.82) is 0 Å². The Kier molecular flexibility index (Phi) is 3.43. The summed E-state index contributed by atoms with van der Waals surface area (Å²) in [7, 11) is 0. The summed E-state index contributed by atoms with van der Waals surface area (Å²) in [5, 5.41) is 0. The lowest BCUT2D eigenvalue weighted by Gasteiger charge is -2.17. The van der Waals surface area contributed by atoms with Gasteiger partial charge in [-0.3, -0.25) is 4.79 Å². The molecule has 1 fully saturated rings. The molecule has 0 unspecified atom stereocenters. The van der Waals surface area contributed by atoms with E-state index in [-0.39, 0.29) is 5.91 Å². The second-order valence-corrected chi connectivity index (χ2v) is 4.14. The molecule has 0 saturated carbocycles. The van der Waals surface area contributed by atoms with Crippen molar-refractivity contribution in [3.8, 4) is 0 Å². The predicted octanol–water partition coefficient (Wildman–Crippen LogP) is 1.90. The Morgan fingerprint density at radius 2 is 2.20 bits per heavy atom. The molecule has 5 heteroatoms. The van der Waals surface area contributed by atoms with E-state index >= 15 is 0 Å². The standard InChI is InChI=1S/C10H12BrNO3/c11-9-3-2-8(15-9)10(13)12-4-1-6-14-7-5-12/h2-3H,1,4-7H2. The molecule has 2 heterocycles. The van der Waals surface area contributed by atoms with E-state index < -0.39 is 0 Å². The van der Waals surface area contributed by atoms with Crippen LogP contribution in [0.15, 0.2) is 21.2 Å². The monoisotopic (exact) mass is 273 g/mol. The van der Waals surface area contributed by atoms with E-state index in [0.717, 1.165) is 19.6 Å². The number of nitrogens with zero attached hydrogens (tertiary/aromatic N) is 1. The van der Waals surface area contributed by atoms with Gasteiger partial charge in [0.2, 0.25) is 0 Å². The van der Waals surface area contributed by atoms with Gasteiger partial charge in [-0.15, -0.1) is 0 Å². The third-order valence-corrected chi connectivity index (χ3v) is 2.72. The minimum Gasteiger partial charge on any atom is -0.444 e. The van der Waals surface area contributed by atoms with Crippen LogP contribution >= 0.6 is 15.9 Å². The van der Waals surface area contributed by atoms with Gasteiger partial charge in [0.1, 0.15) is 0 Å². The molecular weight excluding hydrogens is 262 g/mol. The highest BCUT2D eigenvalue weighted by Gasteiger charge is 2.19. The SMILES string of the molecule is O=C(c1ccc(Br)o1)N1CCCOCC1. The maximum atomic E-state index is 11.9. The van der Waals surface area contributed by atoms with Crippen LogP contribution in [0, 0.1) is 0 Å². The lowest BCUT2D eigenvalue weighted by molar-refractivity contribution is 0.0709. The largest absolute Gasteiger partial charge is 0.444 e. The van der Waals surface area contributed by atoms with Crippen LogP contribution < -0.4 is 0 Å². The van der Waals surface area contributed by atoms with Gasteiger partial charge in [-0.2, -0.15) is 0 Å². The molecule has 0 radical (unpaired) electrons. The molecule has 0 aromatic carbocycles. The predicted molar refractivity (Wildman–Crippen MR) is 57.7 cm³/mol. The highest BCUT2D eigenvalue weighted by molar-refractivity contribution is 9.10. The molecule has 1 aromatic heterocycles. The first-order chi connectivity index (χ1) is 7.27. The maximum Gasteiger partial charge on any atom is 0.289 e. The van der Waals surface area contributed by atoms with Crippen LogP contribution in [-0.4, -0.2) is 37.1 Å². The minimum atomic E-state index is -0.0637. The summed E-state index contributed by atoms with van der Waals surface area (Å²) in [4.78, 5) is 13.7. The van der Waals surface area contributed by atoms with Crippen molar-refractivity contribution in [3.05, 3.63) is 22.6 Å². The number of carbonyl (C=O) groups is 1. The van der Waals surface area contributed by atoms with Gasteiger partial charge in [0.05, 0.1) is 6.61 Å². The molecule has 0 spiro atoms. The van der Waals surface area contributed by atoms with E-state index in [4.69, 9.17) is 9.15 Å². The smallest absolute Gasteiger partial charge is 0.289 e. The van der Waals surface area contributed by atoms with Crippen molar-refractivity contribution in [1.82, 2.24) is 4.90 Å². The third-order valence-electron chi connectivity index (χ3n) is 2.29. The number of hydrogen-bond acceptors (Lipinski definition) is 3. The van der Waals surface area contributed by atoms with Crippen molar-refractivity contribution in [2.75, 3.05) is 26.3 Å². The number of ether oxygens (including phenoxy) is 1. The average Bonchev–Trinajstić information content (AvgIpc) is 2.53. The highest BCUT2D eigenvalue weighted by Crippen LogP contribution is 2.16.